The van der Waals surface area contributed by atoms with Crippen molar-refractivity contribution in [2.45, 2.75) is 25.8 Å². The summed E-state index contributed by atoms with van der Waals surface area (Å²) in [5, 5.41) is 3.23. The fraction of sp³-hybridized carbons (Fsp3) is 0.368. The van der Waals surface area contributed by atoms with Crippen LogP contribution in [-0.4, -0.2) is 48.4 Å². The van der Waals surface area contributed by atoms with Crippen molar-refractivity contribution in [3.05, 3.63) is 53.3 Å². The van der Waals surface area contributed by atoms with Gasteiger partial charge in [0.1, 0.15) is 17.5 Å². The maximum absolute atomic E-state index is 13.8. The Kier molecular flexibility index (Phi) is 5.95. The normalized spacial score (nSPS) is 16.1. The minimum atomic E-state index is -3.17. The number of nitrogens with two attached hydrogens (primary N) is 1. The van der Waals surface area contributed by atoms with E-state index >= 15 is 0 Å². The summed E-state index contributed by atoms with van der Waals surface area (Å²) in [6, 6.07) is 8.93. The van der Waals surface area contributed by atoms with Crippen molar-refractivity contribution in [1.29, 1.82) is 0 Å². The van der Waals surface area contributed by atoms with Crippen LogP contribution in [-0.2, 0) is 10.0 Å². The molecular weight excluding hydrogens is 383 g/mol. The number of piperidine rings is 1. The van der Waals surface area contributed by atoms with Gasteiger partial charge in [0.2, 0.25) is 10.0 Å². The lowest BCUT2D eigenvalue weighted by Crippen LogP contribution is -2.43. The first kappa shape index (κ1) is 20.2. The Hall–Kier alpha value is -2.52. The number of anilines is 2. The number of aromatic nitrogens is 1. The molecule has 0 spiro atoms. The highest BCUT2D eigenvalue weighted by Crippen LogP contribution is 2.22. The van der Waals surface area contributed by atoms with Crippen molar-refractivity contribution < 1.29 is 17.6 Å². The first-order valence-electron chi connectivity index (χ1n) is 9.12. The number of nitrogens with one attached hydrogen (secondary N) is 1. The number of sulfonamides is 1. The Morgan fingerprint density at radius 1 is 1.21 bits per heavy atom. The zero-order chi connectivity index (χ0) is 20.3. The summed E-state index contributed by atoms with van der Waals surface area (Å²) in [4.78, 5) is 16.7. The van der Waals surface area contributed by atoms with Gasteiger partial charge < -0.3 is 11.1 Å². The minimum Gasteiger partial charge on any atom is -0.383 e. The van der Waals surface area contributed by atoms with Crippen LogP contribution in [0.1, 0.15) is 35.7 Å². The molecule has 7 nitrogen and oxygen atoms in total. The molecule has 0 aliphatic carbocycles. The molecule has 28 heavy (non-hydrogen) atoms. The number of nitrogen functional groups attached to an aromatic ring is 1. The van der Waals surface area contributed by atoms with Gasteiger partial charge in [0.05, 0.1) is 16.9 Å². The van der Waals surface area contributed by atoms with Crippen molar-refractivity contribution in [3.8, 4) is 0 Å². The molecule has 1 aliphatic heterocycles. The third kappa shape index (κ3) is 4.31. The second-order valence-corrected chi connectivity index (χ2v) is 8.91. The Balaban J connectivity index is 1.67. The van der Waals surface area contributed by atoms with Crippen LogP contribution >= 0.6 is 0 Å². The standard InChI is InChI=1S/C19H23FN4O3S/c1-2-28(26,27)24-11-9-13(10-12-24)22-17-8-7-15(19(21)23-17)18(25)14-5-3-4-6-16(14)20/h3-8,13H,2,9-12H2,1H3,(H3,21,22,23). The van der Waals surface area contributed by atoms with Crippen LogP contribution in [0.15, 0.2) is 36.4 Å². The molecule has 0 saturated carbocycles. The third-order valence-electron chi connectivity index (χ3n) is 4.85. The lowest BCUT2D eigenvalue weighted by atomic mass is 10.0. The highest BCUT2D eigenvalue weighted by atomic mass is 32.2. The van der Waals surface area contributed by atoms with E-state index in [0.29, 0.717) is 31.7 Å². The molecule has 150 valence electrons. The molecule has 1 aromatic carbocycles. The van der Waals surface area contributed by atoms with Crippen molar-refractivity contribution in [3.63, 3.8) is 0 Å². The summed E-state index contributed by atoms with van der Waals surface area (Å²) in [5.41, 5.74) is 6.01. The Morgan fingerprint density at radius 2 is 1.89 bits per heavy atom. The van der Waals surface area contributed by atoms with Gasteiger partial charge in [-0.15, -0.1) is 0 Å². The van der Waals surface area contributed by atoms with Crippen molar-refractivity contribution in [2.24, 2.45) is 0 Å². The Labute approximate surface area is 163 Å². The number of pyridine rings is 1. The molecule has 1 fully saturated rings. The maximum Gasteiger partial charge on any atom is 0.213 e. The highest BCUT2D eigenvalue weighted by molar-refractivity contribution is 7.89. The van der Waals surface area contributed by atoms with E-state index in [9.17, 15) is 17.6 Å². The molecule has 0 atom stereocenters. The molecule has 1 aliphatic rings. The van der Waals surface area contributed by atoms with Crippen LogP contribution in [0, 0.1) is 5.82 Å². The number of halogens is 1. The second-order valence-electron chi connectivity index (χ2n) is 6.66. The first-order chi connectivity index (χ1) is 13.3. The first-order valence-corrected chi connectivity index (χ1v) is 10.7. The van der Waals surface area contributed by atoms with E-state index in [4.69, 9.17) is 5.73 Å². The van der Waals surface area contributed by atoms with E-state index in [2.05, 4.69) is 10.3 Å². The largest absolute Gasteiger partial charge is 0.383 e. The van der Waals surface area contributed by atoms with Gasteiger partial charge in [0.15, 0.2) is 5.78 Å². The predicted molar refractivity (Wildman–Crippen MR) is 106 cm³/mol. The Bertz CT molecular complexity index is 973. The number of carbonyl (C=O) groups excluding carboxylic acids is 1. The molecule has 3 rings (SSSR count). The summed E-state index contributed by atoms with van der Waals surface area (Å²) in [5.74, 6) is -0.514. The van der Waals surface area contributed by atoms with Gasteiger partial charge in [0, 0.05) is 19.1 Å². The molecule has 0 radical (unpaired) electrons. The monoisotopic (exact) mass is 406 g/mol. The molecule has 1 saturated heterocycles. The predicted octanol–water partition coefficient (Wildman–Crippen LogP) is 2.26. The molecule has 0 amide bonds. The number of rotatable bonds is 6. The smallest absolute Gasteiger partial charge is 0.213 e. The average molecular weight is 406 g/mol. The minimum absolute atomic E-state index is 0.0178. The molecule has 9 heteroatoms. The lowest BCUT2D eigenvalue weighted by Gasteiger charge is -2.31. The van der Waals surface area contributed by atoms with Gasteiger partial charge in [-0.2, -0.15) is 0 Å². The fourth-order valence-corrected chi connectivity index (χ4v) is 4.34. The van der Waals surface area contributed by atoms with Crippen molar-refractivity contribution in [2.75, 3.05) is 29.9 Å². The molecule has 3 N–H and O–H groups in total. The van der Waals surface area contributed by atoms with Gasteiger partial charge in [-0.25, -0.2) is 22.1 Å². The lowest BCUT2D eigenvalue weighted by molar-refractivity contribution is 0.103. The van der Waals surface area contributed by atoms with Gasteiger partial charge in [-0.05, 0) is 44.0 Å². The van der Waals surface area contributed by atoms with E-state index in [1.54, 1.807) is 19.1 Å². The van der Waals surface area contributed by atoms with Gasteiger partial charge in [0.25, 0.3) is 0 Å². The quantitative estimate of drug-likeness (QED) is 0.713. The average Bonchev–Trinajstić information content (AvgIpc) is 2.68. The van der Waals surface area contributed by atoms with E-state index in [1.807, 2.05) is 0 Å². The summed E-state index contributed by atoms with van der Waals surface area (Å²) < 4.78 is 39.2. The van der Waals surface area contributed by atoms with Gasteiger partial charge in [-0.3, -0.25) is 4.79 Å². The molecule has 1 aromatic heterocycles. The van der Waals surface area contributed by atoms with E-state index < -0.39 is 21.6 Å². The number of nitrogens with zero attached hydrogens (tertiary/aromatic N) is 2. The van der Waals surface area contributed by atoms with Crippen molar-refractivity contribution in [1.82, 2.24) is 9.29 Å². The van der Waals surface area contributed by atoms with Gasteiger partial charge >= 0.3 is 0 Å². The highest BCUT2D eigenvalue weighted by Gasteiger charge is 2.27. The maximum atomic E-state index is 13.8. The summed E-state index contributed by atoms with van der Waals surface area (Å²) >= 11 is 0. The van der Waals surface area contributed by atoms with Crippen molar-refractivity contribution >= 4 is 27.4 Å². The number of hydrogen-bond acceptors (Lipinski definition) is 6. The number of hydrogen-bond donors (Lipinski definition) is 2. The van der Waals surface area contributed by atoms with E-state index in [1.165, 1.54) is 28.6 Å². The van der Waals surface area contributed by atoms with E-state index in [-0.39, 0.29) is 28.7 Å². The number of carbonyl (C=O) groups is 1. The van der Waals surface area contributed by atoms with Crippen LogP contribution in [0.4, 0.5) is 16.0 Å². The number of benzene rings is 1. The molecule has 2 aromatic rings. The molecule has 0 bridgehead atoms. The second kappa shape index (κ2) is 8.24. The van der Waals surface area contributed by atoms with Crippen LogP contribution in [0.25, 0.3) is 0 Å². The topological polar surface area (TPSA) is 105 Å². The zero-order valence-corrected chi connectivity index (χ0v) is 16.4. The molecular formula is C19H23FN4O3S. The molecule has 2 heterocycles. The van der Waals surface area contributed by atoms with Crippen LogP contribution in [0.3, 0.4) is 0 Å². The molecule has 0 unspecified atom stereocenters. The van der Waals surface area contributed by atoms with Crippen LogP contribution < -0.4 is 11.1 Å². The van der Waals surface area contributed by atoms with Crippen LogP contribution in [0.2, 0.25) is 0 Å². The third-order valence-corrected chi connectivity index (χ3v) is 6.73. The Morgan fingerprint density at radius 3 is 2.50 bits per heavy atom. The summed E-state index contributed by atoms with van der Waals surface area (Å²) in [6.45, 7) is 2.54. The van der Waals surface area contributed by atoms with E-state index in [0.717, 1.165) is 0 Å². The van der Waals surface area contributed by atoms with Gasteiger partial charge in [-0.1, -0.05) is 12.1 Å². The number of ketones is 1. The fourth-order valence-electron chi connectivity index (χ4n) is 3.21. The SMILES string of the molecule is CCS(=O)(=O)N1CCC(Nc2ccc(C(=O)c3ccccc3F)c(N)n2)CC1. The van der Waals surface area contributed by atoms with Crippen LogP contribution in [0.5, 0.6) is 0 Å². The zero-order valence-electron chi connectivity index (χ0n) is 15.6. The summed E-state index contributed by atoms with van der Waals surface area (Å²) in [7, 11) is -3.17. The summed E-state index contributed by atoms with van der Waals surface area (Å²) in [6.07, 6.45) is 1.30.